The first-order valence-electron chi connectivity index (χ1n) is 6.69. The zero-order valence-corrected chi connectivity index (χ0v) is 13.6. The van der Waals surface area contributed by atoms with E-state index in [1.165, 1.54) is 11.8 Å². The molecular formula is C13H14F3N3O2S2. The van der Waals surface area contributed by atoms with Crippen LogP contribution in [0.4, 0.5) is 19.0 Å². The fourth-order valence-electron chi connectivity index (χ4n) is 1.78. The molecule has 23 heavy (non-hydrogen) atoms. The number of carbonyl (C=O) groups is 1. The zero-order valence-electron chi connectivity index (χ0n) is 11.9. The smallest absolute Gasteiger partial charge is 0.378 e. The first kappa shape index (κ1) is 18.0. The van der Waals surface area contributed by atoms with Crippen LogP contribution in [0.15, 0.2) is 18.3 Å². The fraction of sp³-hybridized carbons (Fsp3) is 0.462. The Morgan fingerprint density at radius 3 is 2.65 bits per heavy atom. The maximum atomic E-state index is 12.4. The minimum Gasteiger partial charge on any atom is -0.378 e. The quantitative estimate of drug-likeness (QED) is 0.830. The second kappa shape index (κ2) is 7.93. The molecule has 126 valence electrons. The molecule has 10 heteroatoms. The van der Waals surface area contributed by atoms with E-state index in [-0.39, 0.29) is 17.5 Å². The van der Waals surface area contributed by atoms with E-state index in [1.54, 1.807) is 0 Å². The van der Waals surface area contributed by atoms with Gasteiger partial charge in [0.2, 0.25) is 5.91 Å². The van der Waals surface area contributed by atoms with Crippen molar-refractivity contribution in [2.24, 2.45) is 0 Å². The van der Waals surface area contributed by atoms with Crippen molar-refractivity contribution >= 4 is 40.0 Å². The van der Waals surface area contributed by atoms with Gasteiger partial charge in [0.1, 0.15) is 10.1 Å². The minimum atomic E-state index is -4.45. The number of nitrogens with one attached hydrogen (secondary N) is 1. The number of anilines is 1. The summed E-state index contributed by atoms with van der Waals surface area (Å²) in [4.78, 5) is 17.3. The highest BCUT2D eigenvalue weighted by molar-refractivity contribution is 8.23. The van der Waals surface area contributed by atoms with Crippen LogP contribution in [-0.4, -0.2) is 52.2 Å². The number of morpholine rings is 1. The number of thiocarbonyl (C=S) groups is 1. The lowest BCUT2D eigenvalue weighted by molar-refractivity contribution is -0.137. The number of halogens is 3. The summed E-state index contributed by atoms with van der Waals surface area (Å²) in [5.41, 5.74) is -0.863. The standard InChI is InChI=1S/C13H14F3N3O2S2/c14-13(15,16)9-1-2-10(17-7-9)18-11(20)8-23-12(22)19-3-5-21-6-4-19/h1-2,7H,3-6,8H2,(H,17,18,20). The molecule has 1 aliphatic heterocycles. The Morgan fingerprint density at radius 1 is 1.39 bits per heavy atom. The number of thioether (sulfide) groups is 1. The molecule has 0 saturated carbocycles. The van der Waals surface area contributed by atoms with E-state index in [2.05, 4.69) is 10.3 Å². The number of rotatable bonds is 3. The molecule has 1 saturated heterocycles. The normalized spacial score (nSPS) is 15.3. The first-order valence-corrected chi connectivity index (χ1v) is 8.08. The van der Waals surface area contributed by atoms with Gasteiger partial charge in [-0.05, 0) is 12.1 Å². The number of nitrogens with zero attached hydrogens (tertiary/aromatic N) is 2. The number of aromatic nitrogens is 1. The van der Waals surface area contributed by atoms with E-state index in [9.17, 15) is 18.0 Å². The van der Waals surface area contributed by atoms with Crippen molar-refractivity contribution in [1.29, 1.82) is 0 Å². The third-order valence-electron chi connectivity index (χ3n) is 2.95. The van der Waals surface area contributed by atoms with Crippen LogP contribution >= 0.6 is 24.0 Å². The average Bonchev–Trinajstić information content (AvgIpc) is 2.53. The number of alkyl halides is 3. The summed E-state index contributed by atoms with van der Waals surface area (Å²) < 4.78 is 43.0. The molecule has 5 nitrogen and oxygen atoms in total. The summed E-state index contributed by atoms with van der Waals surface area (Å²) in [5.74, 6) is -0.238. The van der Waals surface area contributed by atoms with Gasteiger partial charge in [0.15, 0.2) is 0 Å². The Labute approximate surface area is 140 Å². The summed E-state index contributed by atoms with van der Waals surface area (Å²) in [6.07, 6.45) is -3.77. The van der Waals surface area contributed by atoms with Gasteiger partial charge in [-0.2, -0.15) is 13.2 Å². The van der Waals surface area contributed by atoms with Crippen LogP contribution in [0.25, 0.3) is 0 Å². The molecular weight excluding hydrogens is 351 g/mol. The molecule has 2 heterocycles. The van der Waals surface area contributed by atoms with Crippen LogP contribution in [0.5, 0.6) is 0 Å². The summed E-state index contributed by atoms with van der Waals surface area (Å²) >= 11 is 6.43. The number of hydrogen-bond acceptors (Lipinski definition) is 5. The van der Waals surface area contributed by atoms with Crippen LogP contribution in [0.1, 0.15) is 5.56 Å². The lowest BCUT2D eigenvalue weighted by atomic mass is 10.3. The molecule has 0 bridgehead atoms. The predicted octanol–water partition coefficient (Wildman–Crippen LogP) is 2.39. The van der Waals surface area contributed by atoms with Crippen molar-refractivity contribution in [2.45, 2.75) is 6.18 Å². The SMILES string of the molecule is O=C(CSC(=S)N1CCOCC1)Nc1ccc(C(F)(F)F)cn1. The van der Waals surface area contributed by atoms with Crippen LogP contribution in [-0.2, 0) is 15.7 Å². The van der Waals surface area contributed by atoms with E-state index in [4.69, 9.17) is 17.0 Å². The molecule has 0 aromatic carbocycles. The molecule has 0 aliphatic carbocycles. The zero-order chi connectivity index (χ0) is 16.9. The van der Waals surface area contributed by atoms with Gasteiger partial charge in [0, 0.05) is 19.3 Å². The lowest BCUT2D eigenvalue weighted by Gasteiger charge is -2.28. The van der Waals surface area contributed by atoms with Gasteiger partial charge in [0.25, 0.3) is 0 Å². The number of carbonyl (C=O) groups excluding carboxylic acids is 1. The monoisotopic (exact) mass is 365 g/mol. The number of amides is 1. The molecule has 1 aromatic heterocycles. The Kier molecular flexibility index (Phi) is 6.19. The number of hydrogen-bond donors (Lipinski definition) is 1. The van der Waals surface area contributed by atoms with Crippen molar-refractivity contribution < 1.29 is 22.7 Å². The molecule has 1 aromatic rings. The van der Waals surface area contributed by atoms with E-state index in [0.29, 0.717) is 36.8 Å². The maximum absolute atomic E-state index is 12.4. The largest absolute Gasteiger partial charge is 0.417 e. The highest BCUT2D eigenvalue weighted by Gasteiger charge is 2.30. The van der Waals surface area contributed by atoms with Gasteiger partial charge in [-0.25, -0.2) is 4.98 Å². The highest BCUT2D eigenvalue weighted by atomic mass is 32.2. The van der Waals surface area contributed by atoms with Gasteiger partial charge in [-0.1, -0.05) is 24.0 Å². The van der Waals surface area contributed by atoms with Crippen LogP contribution in [0, 0.1) is 0 Å². The topological polar surface area (TPSA) is 54.5 Å². The van der Waals surface area contributed by atoms with Crippen molar-refractivity contribution in [1.82, 2.24) is 9.88 Å². The third-order valence-corrected chi connectivity index (χ3v) is 4.48. The Balaban J connectivity index is 1.79. The van der Waals surface area contributed by atoms with E-state index in [1.807, 2.05) is 4.90 Å². The molecule has 1 fully saturated rings. The number of ether oxygens (including phenoxy) is 1. The highest BCUT2D eigenvalue weighted by Crippen LogP contribution is 2.28. The molecule has 2 rings (SSSR count). The maximum Gasteiger partial charge on any atom is 0.417 e. The summed E-state index contributed by atoms with van der Waals surface area (Å²) in [5, 5.41) is 2.44. The lowest BCUT2D eigenvalue weighted by Crippen LogP contribution is -2.39. The second-order valence-corrected chi connectivity index (χ2v) is 6.24. The van der Waals surface area contributed by atoms with Crippen molar-refractivity contribution in [3.63, 3.8) is 0 Å². The van der Waals surface area contributed by atoms with E-state index < -0.39 is 11.7 Å². The van der Waals surface area contributed by atoms with Crippen molar-refractivity contribution in [3.8, 4) is 0 Å². The van der Waals surface area contributed by atoms with Crippen LogP contribution < -0.4 is 5.32 Å². The molecule has 0 unspecified atom stereocenters. The van der Waals surface area contributed by atoms with Gasteiger partial charge in [-0.3, -0.25) is 4.79 Å². The Hall–Kier alpha value is -1.39. The molecule has 1 amide bonds. The fourth-order valence-corrected chi connectivity index (χ4v) is 2.83. The molecule has 1 aliphatic rings. The van der Waals surface area contributed by atoms with Crippen LogP contribution in [0.2, 0.25) is 0 Å². The minimum absolute atomic E-state index is 0.0683. The molecule has 0 spiro atoms. The van der Waals surface area contributed by atoms with Crippen molar-refractivity contribution in [3.05, 3.63) is 23.9 Å². The molecule has 0 atom stereocenters. The van der Waals surface area contributed by atoms with Gasteiger partial charge in [0.05, 0.1) is 24.5 Å². The van der Waals surface area contributed by atoms with E-state index in [0.717, 1.165) is 12.1 Å². The van der Waals surface area contributed by atoms with Gasteiger partial charge in [-0.15, -0.1) is 0 Å². The second-order valence-electron chi connectivity index (χ2n) is 4.63. The average molecular weight is 365 g/mol. The predicted molar refractivity (Wildman–Crippen MR) is 85.3 cm³/mol. The number of pyridine rings is 1. The molecule has 0 radical (unpaired) electrons. The summed E-state index contributed by atoms with van der Waals surface area (Å²) in [7, 11) is 0. The summed E-state index contributed by atoms with van der Waals surface area (Å²) in [6, 6.07) is 1.99. The summed E-state index contributed by atoms with van der Waals surface area (Å²) in [6.45, 7) is 2.58. The Morgan fingerprint density at radius 2 is 2.09 bits per heavy atom. The Bertz CT molecular complexity index is 561. The van der Waals surface area contributed by atoms with Gasteiger partial charge < -0.3 is 15.0 Å². The van der Waals surface area contributed by atoms with Gasteiger partial charge >= 0.3 is 6.18 Å². The van der Waals surface area contributed by atoms with Crippen molar-refractivity contribution in [2.75, 3.05) is 37.4 Å². The molecule has 1 N–H and O–H groups in total. The van der Waals surface area contributed by atoms with E-state index >= 15 is 0 Å². The third kappa shape index (κ3) is 5.63. The van der Waals surface area contributed by atoms with Crippen LogP contribution in [0.3, 0.4) is 0 Å². The first-order chi connectivity index (χ1) is 10.9.